The van der Waals surface area contributed by atoms with E-state index in [0.29, 0.717) is 16.8 Å². The smallest absolute Gasteiger partial charge is 0.250 e. The van der Waals surface area contributed by atoms with Crippen molar-refractivity contribution in [2.75, 3.05) is 26.2 Å². The second kappa shape index (κ2) is 12.3. The van der Waals surface area contributed by atoms with Crippen molar-refractivity contribution in [3.63, 3.8) is 0 Å². The van der Waals surface area contributed by atoms with Gasteiger partial charge in [-0.1, -0.05) is 24.9 Å². The van der Waals surface area contributed by atoms with Crippen molar-refractivity contribution in [2.45, 2.75) is 30.9 Å². The Morgan fingerprint density at radius 2 is 2.00 bits per heavy atom. The highest BCUT2D eigenvalue weighted by atomic mass is 127. The Bertz CT molecular complexity index is 578. The third-order valence-electron chi connectivity index (χ3n) is 2.65. The number of unbranched alkanes of at least 4 members (excludes halogenated alkanes) is 1. The molecule has 0 aliphatic carbocycles. The van der Waals surface area contributed by atoms with Crippen LogP contribution in [0.25, 0.3) is 0 Å². The van der Waals surface area contributed by atoms with Crippen LogP contribution in [0.15, 0.2) is 21.3 Å². The molecule has 134 valence electrons. The molecule has 0 fully saturated rings. The zero-order valence-electron chi connectivity index (χ0n) is 13.3. The van der Waals surface area contributed by atoms with Gasteiger partial charge in [0, 0.05) is 26.2 Å². The molecule has 1 aromatic rings. The first-order valence-corrected chi connectivity index (χ1v) is 9.94. The topological polar surface area (TPSA) is 82.6 Å². The van der Waals surface area contributed by atoms with Crippen LogP contribution in [0.1, 0.15) is 26.7 Å². The molecule has 0 atom stereocenters. The van der Waals surface area contributed by atoms with Crippen molar-refractivity contribution >= 4 is 62.9 Å². The lowest BCUT2D eigenvalue weighted by Crippen LogP contribution is -2.41. The van der Waals surface area contributed by atoms with E-state index in [-0.39, 0.29) is 34.7 Å². The summed E-state index contributed by atoms with van der Waals surface area (Å²) in [7, 11) is -3.49. The standard InChI is InChI=1S/C13H23ClN4O2S2.HI/c1-3-5-8-16-13(15-4-2)17-9-10-18-22(19,20)12-7-6-11(14)21-12;/h6-7,18H,3-5,8-10H2,1-2H3,(H2,15,16,17);1H. The number of aliphatic imine (C=N–C) groups is 1. The normalized spacial score (nSPS) is 11.9. The number of rotatable bonds is 9. The van der Waals surface area contributed by atoms with Crippen LogP contribution in [0.2, 0.25) is 4.34 Å². The highest BCUT2D eigenvalue weighted by Gasteiger charge is 2.15. The summed E-state index contributed by atoms with van der Waals surface area (Å²) in [6.07, 6.45) is 2.12. The second-order valence-electron chi connectivity index (χ2n) is 4.50. The van der Waals surface area contributed by atoms with Crippen molar-refractivity contribution < 1.29 is 8.42 Å². The Hall–Kier alpha value is -0.1000. The van der Waals surface area contributed by atoms with E-state index in [0.717, 1.165) is 37.3 Å². The lowest BCUT2D eigenvalue weighted by molar-refractivity contribution is 0.582. The van der Waals surface area contributed by atoms with E-state index < -0.39 is 10.0 Å². The summed E-state index contributed by atoms with van der Waals surface area (Å²) in [5.74, 6) is 0.703. The Balaban J connectivity index is 0.00000484. The Kier molecular flexibility index (Phi) is 12.2. The molecule has 0 bridgehead atoms. The van der Waals surface area contributed by atoms with Crippen molar-refractivity contribution in [1.82, 2.24) is 15.4 Å². The van der Waals surface area contributed by atoms with Crippen LogP contribution >= 0.6 is 46.9 Å². The van der Waals surface area contributed by atoms with E-state index in [1.807, 2.05) is 6.92 Å². The number of thiophene rings is 1. The maximum absolute atomic E-state index is 12.0. The molecular weight excluding hydrogens is 471 g/mol. The maximum Gasteiger partial charge on any atom is 0.250 e. The van der Waals surface area contributed by atoms with Gasteiger partial charge in [0.2, 0.25) is 10.0 Å². The zero-order valence-corrected chi connectivity index (χ0v) is 18.0. The SMILES string of the molecule is CCCCN=C(NCC)NCCNS(=O)(=O)c1ccc(Cl)s1.I. The van der Waals surface area contributed by atoms with Gasteiger partial charge in [0.05, 0.1) is 4.34 Å². The summed E-state index contributed by atoms with van der Waals surface area (Å²) in [4.78, 5) is 4.40. The van der Waals surface area contributed by atoms with E-state index in [2.05, 4.69) is 27.3 Å². The maximum atomic E-state index is 12.0. The van der Waals surface area contributed by atoms with Crippen LogP contribution in [0.4, 0.5) is 0 Å². The van der Waals surface area contributed by atoms with E-state index in [1.165, 1.54) is 6.07 Å². The van der Waals surface area contributed by atoms with Gasteiger partial charge in [0.15, 0.2) is 5.96 Å². The van der Waals surface area contributed by atoms with Gasteiger partial charge in [-0.25, -0.2) is 13.1 Å². The number of guanidine groups is 1. The third-order valence-corrected chi connectivity index (χ3v) is 5.83. The van der Waals surface area contributed by atoms with Crippen molar-refractivity contribution in [1.29, 1.82) is 0 Å². The van der Waals surface area contributed by atoms with E-state index in [1.54, 1.807) is 6.07 Å². The van der Waals surface area contributed by atoms with E-state index in [9.17, 15) is 8.42 Å². The molecule has 0 aliphatic heterocycles. The molecule has 0 aromatic carbocycles. The Labute approximate surface area is 164 Å². The summed E-state index contributed by atoms with van der Waals surface area (Å²) in [5, 5.41) is 6.22. The van der Waals surface area contributed by atoms with Gasteiger partial charge in [0.25, 0.3) is 0 Å². The third kappa shape index (κ3) is 9.08. The zero-order chi connectivity index (χ0) is 16.4. The molecule has 0 unspecified atom stereocenters. The summed E-state index contributed by atoms with van der Waals surface area (Å²) in [6.45, 7) is 6.34. The monoisotopic (exact) mass is 494 g/mol. The van der Waals surface area contributed by atoms with Crippen LogP contribution in [0, 0.1) is 0 Å². The average Bonchev–Trinajstić information content (AvgIpc) is 2.91. The van der Waals surface area contributed by atoms with Gasteiger partial charge in [0.1, 0.15) is 4.21 Å². The molecule has 3 N–H and O–H groups in total. The van der Waals surface area contributed by atoms with Crippen molar-refractivity contribution in [3.05, 3.63) is 16.5 Å². The predicted octanol–water partition coefficient (Wildman–Crippen LogP) is 2.65. The van der Waals surface area contributed by atoms with Crippen molar-refractivity contribution in [3.8, 4) is 0 Å². The van der Waals surface area contributed by atoms with Gasteiger partial charge in [-0.3, -0.25) is 4.99 Å². The fraction of sp³-hybridized carbons (Fsp3) is 0.615. The van der Waals surface area contributed by atoms with Gasteiger partial charge in [-0.2, -0.15) is 0 Å². The first-order valence-electron chi connectivity index (χ1n) is 7.26. The van der Waals surface area contributed by atoms with E-state index >= 15 is 0 Å². The number of nitrogens with zero attached hydrogens (tertiary/aromatic N) is 1. The first-order chi connectivity index (χ1) is 10.5. The first kappa shape index (κ1) is 22.9. The number of nitrogens with one attached hydrogen (secondary N) is 3. The minimum atomic E-state index is -3.49. The highest BCUT2D eigenvalue weighted by molar-refractivity contribution is 14.0. The molecule has 6 nitrogen and oxygen atoms in total. The van der Waals surface area contributed by atoms with Crippen LogP contribution in [-0.4, -0.2) is 40.6 Å². The minimum absolute atomic E-state index is 0. The van der Waals surface area contributed by atoms with Gasteiger partial charge >= 0.3 is 0 Å². The lowest BCUT2D eigenvalue weighted by Gasteiger charge is -2.11. The fourth-order valence-electron chi connectivity index (χ4n) is 1.57. The fourth-order valence-corrected chi connectivity index (χ4v) is 4.13. The molecule has 0 saturated heterocycles. The summed E-state index contributed by atoms with van der Waals surface area (Å²) in [5.41, 5.74) is 0. The largest absolute Gasteiger partial charge is 0.357 e. The van der Waals surface area contributed by atoms with Crippen LogP contribution in [0.3, 0.4) is 0 Å². The van der Waals surface area contributed by atoms with Crippen LogP contribution < -0.4 is 15.4 Å². The van der Waals surface area contributed by atoms with E-state index in [4.69, 9.17) is 11.6 Å². The molecule has 0 amide bonds. The minimum Gasteiger partial charge on any atom is -0.357 e. The molecule has 0 spiro atoms. The molecule has 23 heavy (non-hydrogen) atoms. The number of sulfonamides is 1. The van der Waals surface area contributed by atoms with Crippen LogP contribution in [-0.2, 0) is 10.0 Å². The summed E-state index contributed by atoms with van der Waals surface area (Å²) < 4.78 is 27.2. The molecule has 1 aromatic heterocycles. The molecular formula is C13H24ClIN4O2S2. The Morgan fingerprint density at radius 1 is 1.26 bits per heavy atom. The van der Waals surface area contributed by atoms with Crippen LogP contribution in [0.5, 0.6) is 0 Å². The quantitative estimate of drug-likeness (QED) is 0.213. The highest BCUT2D eigenvalue weighted by Crippen LogP contribution is 2.24. The van der Waals surface area contributed by atoms with Gasteiger partial charge < -0.3 is 10.6 Å². The lowest BCUT2D eigenvalue weighted by atomic mass is 10.3. The molecule has 1 heterocycles. The summed E-state index contributed by atoms with van der Waals surface area (Å²) >= 11 is 6.79. The predicted molar refractivity (Wildman–Crippen MR) is 109 cm³/mol. The molecule has 1 rings (SSSR count). The van der Waals surface area contributed by atoms with Gasteiger partial charge in [-0.15, -0.1) is 35.3 Å². The Morgan fingerprint density at radius 3 is 2.57 bits per heavy atom. The second-order valence-corrected chi connectivity index (χ2v) is 8.21. The molecule has 10 heteroatoms. The summed E-state index contributed by atoms with van der Waals surface area (Å²) in [6, 6.07) is 3.07. The van der Waals surface area contributed by atoms with Gasteiger partial charge in [-0.05, 0) is 25.5 Å². The number of hydrogen-bond acceptors (Lipinski definition) is 4. The number of halogens is 2. The number of hydrogen-bond donors (Lipinski definition) is 3. The molecule has 0 saturated carbocycles. The molecule has 0 radical (unpaired) electrons. The average molecular weight is 495 g/mol. The molecule has 0 aliphatic rings. The van der Waals surface area contributed by atoms with Crippen molar-refractivity contribution in [2.24, 2.45) is 4.99 Å².